The molecule has 1 heterocycles. The molecule has 1 saturated heterocycles. The van der Waals surface area contributed by atoms with E-state index in [0.29, 0.717) is 24.2 Å². The van der Waals surface area contributed by atoms with Crippen LogP contribution in [0.15, 0.2) is 0 Å². The molecule has 0 saturated carbocycles. The molecule has 2 radical (unpaired) electrons. The normalized spacial score (nSPS) is 28.3. The molecule has 2 heteroatoms. The molecule has 0 bridgehead atoms. The largest absolute Gasteiger partial charge is 0.275 e. The van der Waals surface area contributed by atoms with Crippen LogP contribution in [0.3, 0.4) is 0 Å². The monoisotopic (exact) mass is 224 g/mol. The first-order chi connectivity index (χ1) is 7.43. The first-order valence-electron chi connectivity index (χ1n) is 6.76. The maximum absolute atomic E-state index is 3.62. The van der Waals surface area contributed by atoms with Crippen molar-refractivity contribution < 1.29 is 0 Å². The Morgan fingerprint density at radius 3 is 1.81 bits per heavy atom. The van der Waals surface area contributed by atoms with E-state index in [0.717, 1.165) is 0 Å². The summed E-state index contributed by atoms with van der Waals surface area (Å²) < 4.78 is 0. The Labute approximate surface area is 102 Å². The highest BCUT2D eigenvalue weighted by Crippen LogP contribution is 2.25. The lowest BCUT2D eigenvalue weighted by molar-refractivity contribution is 0.0597. The molecular weight excluding hydrogens is 196 g/mol. The van der Waals surface area contributed by atoms with Gasteiger partial charge >= 0.3 is 0 Å². The van der Waals surface area contributed by atoms with Crippen LogP contribution in [0.5, 0.6) is 0 Å². The molecule has 94 valence electrons. The molecule has 1 fully saturated rings. The van der Waals surface area contributed by atoms with E-state index in [1.807, 2.05) is 0 Å². The van der Waals surface area contributed by atoms with Crippen molar-refractivity contribution >= 4 is 0 Å². The second-order valence-corrected chi connectivity index (χ2v) is 5.73. The molecule has 0 unspecified atom stereocenters. The predicted octanol–water partition coefficient (Wildman–Crippen LogP) is 3.36. The minimum Gasteiger partial charge on any atom is -0.275 e. The summed E-state index contributed by atoms with van der Waals surface area (Å²) in [4.78, 5) is 4.78. The van der Waals surface area contributed by atoms with Crippen LogP contribution in [0.25, 0.3) is 0 Å². The highest BCUT2D eigenvalue weighted by atomic mass is 15.4. The van der Waals surface area contributed by atoms with Gasteiger partial charge in [0, 0.05) is 24.2 Å². The quantitative estimate of drug-likeness (QED) is 0.676. The molecular formula is C14H28N2. The van der Waals surface area contributed by atoms with Crippen LogP contribution in [0.2, 0.25) is 0 Å². The summed E-state index contributed by atoms with van der Waals surface area (Å²) in [6.07, 6.45) is 3.98. The fraction of sp³-hybridized carbons (Fsp3) is 0.929. The summed E-state index contributed by atoms with van der Waals surface area (Å²) >= 11 is 0. The number of hydrogen-bond acceptors (Lipinski definition) is 2. The predicted molar refractivity (Wildman–Crippen MR) is 70.0 cm³/mol. The lowest BCUT2D eigenvalue weighted by Gasteiger charge is -2.42. The first-order valence-corrected chi connectivity index (χ1v) is 6.76. The number of piperidine rings is 1. The maximum atomic E-state index is 3.62. The molecule has 0 aromatic heterocycles. The highest BCUT2D eigenvalue weighted by molar-refractivity contribution is 4.87. The first kappa shape index (κ1) is 14.0. The smallest absolute Gasteiger partial charge is 0.147 e. The van der Waals surface area contributed by atoms with Crippen molar-refractivity contribution in [2.24, 2.45) is 0 Å². The molecule has 16 heavy (non-hydrogen) atoms. The van der Waals surface area contributed by atoms with Crippen molar-refractivity contribution in [3.8, 4) is 0 Å². The van der Waals surface area contributed by atoms with E-state index in [4.69, 9.17) is 0 Å². The van der Waals surface area contributed by atoms with E-state index in [9.17, 15) is 0 Å². The molecule has 0 amide bonds. The van der Waals surface area contributed by atoms with E-state index in [1.54, 1.807) is 0 Å². The fourth-order valence-electron chi connectivity index (χ4n) is 2.58. The van der Waals surface area contributed by atoms with Gasteiger partial charge in [-0.25, -0.2) is 0 Å². The molecule has 1 aliphatic heterocycles. The van der Waals surface area contributed by atoms with Crippen molar-refractivity contribution in [2.75, 3.05) is 0 Å². The molecule has 0 aliphatic carbocycles. The molecule has 0 aromatic carbocycles. The van der Waals surface area contributed by atoms with Gasteiger partial charge in [0.1, 0.15) is 6.67 Å². The molecule has 2 nitrogen and oxygen atoms in total. The topological polar surface area (TPSA) is 6.48 Å². The minimum atomic E-state index is 0.529. The van der Waals surface area contributed by atoms with Crippen LogP contribution in [0.4, 0.5) is 0 Å². The Bertz CT molecular complexity index is 183. The lowest BCUT2D eigenvalue weighted by Crippen LogP contribution is -2.49. The molecule has 1 rings (SSSR count). The van der Waals surface area contributed by atoms with Crippen LogP contribution in [-0.4, -0.2) is 34.0 Å². The fourth-order valence-corrected chi connectivity index (χ4v) is 2.58. The van der Waals surface area contributed by atoms with Gasteiger partial charge < -0.3 is 0 Å². The Hall–Kier alpha value is -0.0800. The summed E-state index contributed by atoms with van der Waals surface area (Å²) in [6, 6.07) is 2.34. The van der Waals surface area contributed by atoms with Gasteiger partial charge in [-0.3, -0.25) is 9.80 Å². The van der Waals surface area contributed by atoms with Crippen LogP contribution >= 0.6 is 0 Å². The van der Waals surface area contributed by atoms with Gasteiger partial charge in [0.15, 0.2) is 0 Å². The second kappa shape index (κ2) is 6.02. The van der Waals surface area contributed by atoms with E-state index in [2.05, 4.69) is 58.0 Å². The highest BCUT2D eigenvalue weighted by Gasteiger charge is 2.28. The zero-order valence-electron chi connectivity index (χ0n) is 11.8. The second-order valence-electron chi connectivity index (χ2n) is 5.73. The third kappa shape index (κ3) is 3.46. The van der Waals surface area contributed by atoms with Gasteiger partial charge in [0.25, 0.3) is 0 Å². The molecule has 0 N–H and O–H groups in total. The standard InChI is InChI=1S/C14H28N2/c1-11(2)15(12(3)4)10-16-13(5)8-7-9-14(16)6/h11-14H,7-9H2,1-6H3/t13-,14+. The minimum absolute atomic E-state index is 0.529. The van der Waals surface area contributed by atoms with Crippen LogP contribution in [0, 0.1) is 6.67 Å². The summed E-state index contributed by atoms with van der Waals surface area (Å²) in [5, 5.41) is 0. The van der Waals surface area contributed by atoms with E-state index >= 15 is 0 Å². The van der Waals surface area contributed by atoms with Crippen molar-refractivity contribution in [1.29, 1.82) is 0 Å². The van der Waals surface area contributed by atoms with Crippen molar-refractivity contribution in [1.82, 2.24) is 9.80 Å². The third-order valence-corrected chi connectivity index (χ3v) is 3.54. The number of rotatable bonds is 4. The van der Waals surface area contributed by atoms with Crippen LogP contribution in [0.1, 0.15) is 60.8 Å². The van der Waals surface area contributed by atoms with Gasteiger partial charge in [0.05, 0.1) is 0 Å². The zero-order chi connectivity index (χ0) is 12.3. The lowest BCUT2D eigenvalue weighted by atomic mass is 9.98. The van der Waals surface area contributed by atoms with Gasteiger partial charge in [0.2, 0.25) is 0 Å². The van der Waals surface area contributed by atoms with Gasteiger partial charge in [-0.05, 0) is 54.4 Å². The zero-order valence-corrected chi connectivity index (χ0v) is 11.8. The van der Waals surface area contributed by atoms with Gasteiger partial charge in [-0.2, -0.15) is 0 Å². The molecule has 1 aliphatic rings. The van der Waals surface area contributed by atoms with Crippen molar-refractivity contribution in [2.45, 2.75) is 85.0 Å². The Morgan fingerprint density at radius 2 is 1.44 bits per heavy atom. The summed E-state index contributed by atoms with van der Waals surface area (Å²) in [5.74, 6) is 0. The summed E-state index contributed by atoms with van der Waals surface area (Å²) in [6.45, 7) is 17.2. The summed E-state index contributed by atoms with van der Waals surface area (Å²) in [5.41, 5.74) is 0. The number of nitrogens with zero attached hydrogens (tertiary/aromatic N) is 2. The van der Waals surface area contributed by atoms with E-state index in [1.165, 1.54) is 19.3 Å². The van der Waals surface area contributed by atoms with Gasteiger partial charge in [-0.15, -0.1) is 0 Å². The molecule has 0 aromatic rings. The van der Waals surface area contributed by atoms with E-state index < -0.39 is 0 Å². The average Bonchev–Trinajstić information content (AvgIpc) is 2.15. The maximum Gasteiger partial charge on any atom is 0.147 e. The van der Waals surface area contributed by atoms with E-state index in [-0.39, 0.29) is 0 Å². The Kier molecular flexibility index (Phi) is 5.26. The SMILES string of the molecule is CC(C)N([C]N1[C@H](C)CCC[C@@H]1C)C(C)C. The Balaban J connectivity index is 2.61. The average molecular weight is 224 g/mol. The third-order valence-electron chi connectivity index (χ3n) is 3.54. The number of likely N-dealkylation sites (tertiary alicyclic amines) is 1. The Morgan fingerprint density at radius 1 is 1.00 bits per heavy atom. The van der Waals surface area contributed by atoms with Gasteiger partial charge in [-0.1, -0.05) is 6.42 Å². The molecule has 2 atom stereocenters. The van der Waals surface area contributed by atoms with Crippen LogP contribution in [-0.2, 0) is 0 Å². The molecule has 0 spiro atoms. The van der Waals surface area contributed by atoms with Crippen molar-refractivity contribution in [3.05, 3.63) is 6.67 Å². The number of hydrogen-bond donors (Lipinski definition) is 0. The summed E-state index contributed by atoms with van der Waals surface area (Å²) in [7, 11) is 0. The van der Waals surface area contributed by atoms with Crippen LogP contribution < -0.4 is 0 Å². The van der Waals surface area contributed by atoms with Crippen molar-refractivity contribution in [3.63, 3.8) is 0 Å².